The third-order valence-electron chi connectivity index (χ3n) is 9.93. The van der Waals surface area contributed by atoms with Crippen molar-refractivity contribution in [3.63, 3.8) is 0 Å². The lowest BCUT2D eigenvalue weighted by atomic mass is 10.0. The van der Waals surface area contributed by atoms with Crippen LogP contribution in [0.4, 0.5) is 0 Å². The summed E-state index contributed by atoms with van der Waals surface area (Å²) in [6, 6.07) is 25.3. The standard InChI is InChI=1S/C25H25N3O6.C21H18N2O6/c1-3-31-21-8-6-16(11-22(21)32-4-2)24-26-23(27-34-24)15-5-7-20-17(9-15)10-19(33-20)14-28-12-18(13-28)25(29)30;1-3-26-16-8-6-13(10-17(16)27-4-2)20-22-19(23-29-20)12-5-7-15-14(9-12)11-18(28-15)21(24)25/h5-11,18H,3-4,12-14H2,1-2H3,(H,29,30);5-11H,3-4H2,1-2H3,(H,24,25). The second kappa shape index (κ2) is 18.5. The van der Waals surface area contributed by atoms with Crippen LogP contribution in [-0.4, -0.2) is 86.8 Å². The summed E-state index contributed by atoms with van der Waals surface area (Å²) in [5.41, 5.74) is 4.16. The van der Waals surface area contributed by atoms with E-state index in [1.54, 1.807) is 30.3 Å². The first-order valence-electron chi connectivity index (χ1n) is 20.4. The Bertz CT molecular complexity index is 2890. The lowest BCUT2D eigenvalue weighted by molar-refractivity contribution is -0.147. The minimum atomic E-state index is -1.12. The molecule has 0 saturated carbocycles. The van der Waals surface area contributed by atoms with Gasteiger partial charge in [0.25, 0.3) is 11.8 Å². The fraction of sp³-hybridized carbons (Fsp3) is 0.261. The minimum Gasteiger partial charge on any atom is -0.490 e. The van der Waals surface area contributed by atoms with Crippen molar-refractivity contribution in [1.29, 1.82) is 0 Å². The van der Waals surface area contributed by atoms with Gasteiger partial charge < -0.3 is 47.0 Å². The topological polar surface area (TPSA) is 219 Å². The molecule has 2 N–H and O–H groups in total. The Balaban J connectivity index is 0.000000175. The van der Waals surface area contributed by atoms with E-state index in [4.69, 9.17) is 47.0 Å². The van der Waals surface area contributed by atoms with E-state index in [1.165, 1.54) is 6.07 Å². The van der Waals surface area contributed by atoms with Crippen LogP contribution >= 0.6 is 0 Å². The monoisotopic (exact) mass is 857 g/mol. The molecule has 9 rings (SSSR count). The Morgan fingerprint density at radius 1 is 0.603 bits per heavy atom. The molecule has 1 aliphatic heterocycles. The summed E-state index contributed by atoms with van der Waals surface area (Å²) >= 11 is 0. The van der Waals surface area contributed by atoms with Gasteiger partial charge in [0.2, 0.25) is 17.4 Å². The van der Waals surface area contributed by atoms with E-state index < -0.39 is 11.9 Å². The smallest absolute Gasteiger partial charge is 0.371 e. The second-order valence-corrected chi connectivity index (χ2v) is 14.3. The van der Waals surface area contributed by atoms with Crippen LogP contribution in [0.25, 0.3) is 67.6 Å². The fourth-order valence-electron chi connectivity index (χ4n) is 6.96. The number of rotatable bonds is 16. The van der Waals surface area contributed by atoms with Crippen molar-refractivity contribution in [3.05, 3.63) is 96.4 Å². The number of carboxylic acids is 2. The average Bonchev–Trinajstić information content (AvgIpc) is 4.09. The Kier molecular flexibility index (Phi) is 12.4. The molecule has 1 saturated heterocycles. The molecule has 1 fully saturated rings. The second-order valence-electron chi connectivity index (χ2n) is 14.3. The molecule has 8 aromatic rings. The van der Waals surface area contributed by atoms with Crippen molar-refractivity contribution < 1.29 is 56.6 Å². The normalized spacial score (nSPS) is 12.8. The Hall–Kier alpha value is -7.66. The largest absolute Gasteiger partial charge is 0.490 e. The molecule has 4 aromatic heterocycles. The Morgan fingerprint density at radius 2 is 1.08 bits per heavy atom. The molecule has 17 nitrogen and oxygen atoms in total. The molecule has 0 amide bonds. The first kappa shape index (κ1) is 42.0. The summed E-state index contributed by atoms with van der Waals surface area (Å²) < 4.78 is 44.7. The molecular formula is C46H43N5O12. The number of carbonyl (C=O) groups is 2. The van der Waals surface area contributed by atoms with Crippen molar-refractivity contribution in [2.45, 2.75) is 34.2 Å². The van der Waals surface area contributed by atoms with Gasteiger partial charge in [-0.25, -0.2) is 4.79 Å². The summed E-state index contributed by atoms with van der Waals surface area (Å²) in [5.74, 6) is 2.65. The number of hydrogen-bond donors (Lipinski definition) is 2. The van der Waals surface area contributed by atoms with Gasteiger partial charge in [-0.2, -0.15) is 9.97 Å². The van der Waals surface area contributed by atoms with Gasteiger partial charge in [0.1, 0.15) is 16.9 Å². The van der Waals surface area contributed by atoms with Crippen molar-refractivity contribution in [1.82, 2.24) is 25.2 Å². The number of hydrogen-bond acceptors (Lipinski definition) is 15. The van der Waals surface area contributed by atoms with Crippen molar-refractivity contribution >= 4 is 33.9 Å². The van der Waals surface area contributed by atoms with Crippen LogP contribution < -0.4 is 18.9 Å². The molecule has 5 heterocycles. The van der Waals surface area contributed by atoms with Crippen LogP contribution in [0.1, 0.15) is 44.0 Å². The lowest BCUT2D eigenvalue weighted by Gasteiger charge is -2.35. The number of aromatic carboxylic acids is 1. The number of carboxylic acid groups (broad SMARTS) is 2. The van der Waals surface area contributed by atoms with Gasteiger partial charge in [-0.15, -0.1) is 0 Å². The molecule has 0 bridgehead atoms. The quantitative estimate of drug-likeness (QED) is 0.0925. The Morgan fingerprint density at radius 3 is 1.57 bits per heavy atom. The van der Waals surface area contributed by atoms with Crippen molar-refractivity contribution in [2.24, 2.45) is 5.92 Å². The van der Waals surface area contributed by atoms with Crippen LogP contribution in [0, 0.1) is 5.92 Å². The molecular weight excluding hydrogens is 815 g/mol. The number of aliphatic carboxylic acids is 1. The zero-order valence-electron chi connectivity index (χ0n) is 34.8. The predicted molar refractivity (Wildman–Crippen MR) is 228 cm³/mol. The first-order valence-corrected chi connectivity index (χ1v) is 20.4. The highest BCUT2D eigenvalue weighted by molar-refractivity contribution is 5.92. The van der Waals surface area contributed by atoms with Crippen molar-refractivity contribution in [3.8, 4) is 68.7 Å². The van der Waals surface area contributed by atoms with E-state index in [1.807, 2.05) is 76.2 Å². The molecule has 0 aliphatic carbocycles. The number of nitrogens with zero attached hydrogens (tertiary/aromatic N) is 5. The molecule has 1 aliphatic rings. The first-order chi connectivity index (χ1) is 30.6. The van der Waals surface area contributed by atoms with Crippen LogP contribution in [-0.2, 0) is 11.3 Å². The van der Waals surface area contributed by atoms with E-state index in [-0.39, 0.29) is 11.7 Å². The summed E-state index contributed by atoms with van der Waals surface area (Å²) in [5, 5.41) is 27.9. The number of aromatic nitrogens is 4. The number of furan rings is 2. The summed E-state index contributed by atoms with van der Waals surface area (Å²) in [4.78, 5) is 33.1. The van der Waals surface area contributed by atoms with Crippen molar-refractivity contribution in [2.75, 3.05) is 39.5 Å². The molecule has 324 valence electrons. The van der Waals surface area contributed by atoms with Gasteiger partial charge in [-0.3, -0.25) is 9.69 Å². The van der Waals surface area contributed by atoms with Gasteiger partial charge in [-0.1, -0.05) is 10.3 Å². The van der Waals surface area contributed by atoms with E-state index in [0.717, 1.165) is 27.9 Å². The highest BCUT2D eigenvalue weighted by atomic mass is 16.5. The Labute approximate surface area is 359 Å². The number of benzene rings is 4. The molecule has 4 aromatic carbocycles. The highest BCUT2D eigenvalue weighted by Crippen LogP contribution is 2.36. The number of fused-ring (bicyclic) bond motifs is 2. The van der Waals surface area contributed by atoms with E-state index >= 15 is 0 Å². The highest BCUT2D eigenvalue weighted by Gasteiger charge is 2.33. The van der Waals surface area contributed by atoms with E-state index in [9.17, 15) is 9.59 Å². The molecule has 17 heteroatoms. The number of likely N-dealkylation sites (tertiary alicyclic amines) is 1. The average molecular weight is 858 g/mol. The molecule has 0 atom stereocenters. The maximum Gasteiger partial charge on any atom is 0.371 e. The zero-order valence-corrected chi connectivity index (χ0v) is 34.8. The molecule has 63 heavy (non-hydrogen) atoms. The minimum absolute atomic E-state index is 0.121. The zero-order chi connectivity index (χ0) is 44.0. The fourth-order valence-corrected chi connectivity index (χ4v) is 6.96. The maximum absolute atomic E-state index is 11.1. The van der Waals surface area contributed by atoms with Crippen LogP contribution in [0.3, 0.4) is 0 Å². The third-order valence-corrected chi connectivity index (χ3v) is 9.93. The number of ether oxygens (including phenoxy) is 4. The van der Waals surface area contributed by atoms with E-state index in [0.29, 0.717) is 115 Å². The van der Waals surface area contributed by atoms with Crippen LogP contribution in [0.15, 0.2) is 103 Å². The summed E-state index contributed by atoms with van der Waals surface area (Å²) in [6.45, 7) is 11.4. The van der Waals surface area contributed by atoms with Crippen LogP contribution in [0.5, 0.6) is 23.0 Å². The molecule has 0 radical (unpaired) electrons. The van der Waals surface area contributed by atoms with Gasteiger partial charge >= 0.3 is 11.9 Å². The SMILES string of the molecule is CCOc1ccc(-c2nc(-c3ccc4oc(C(=O)O)cc4c3)no2)cc1OCC.CCOc1ccc(-c2nc(-c3ccc4oc(CN5CC(C(=O)O)C5)cc4c3)no2)cc1OCC. The lowest BCUT2D eigenvalue weighted by Crippen LogP contribution is -2.49. The molecule has 0 spiro atoms. The van der Waals surface area contributed by atoms with Gasteiger partial charge in [0, 0.05) is 46.1 Å². The third kappa shape index (κ3) is 9.33. The van der Waals surface area contributed by atoms with Gasteiger partial charge in [0.15, 0.2) is 23.0 Å². The van der Waals surface area contributed by atoms with E-state index in [2.05, 4.69) is 25.2 Å². The maximum atomic E-state index is 11.1. The van der Waals surface area contributed by atoms with Gasteiger partial charge in [0.05, 0.1) is 38.9 Å². The molecule has 0 unspecified atom stereocenters. The summed E-state index contributed by atoms with van der Waals surface area (Å²) in [7, 11) is 0. The predicted octanol–water partition coefficient (Wildman–Crippen LogP) is 9.11. The summed E-state index contributed by atoms with van der Waals surface area (Å²) in [6.07, 6.45) is 0. The van der Waals surface area contributed by atoms with Crippen LogP contribution in [0.2, 0.25) is 0 Å². The van der Waals surface area contributed by atoms with Gasteiger partial charge in [-0.05, 0) is 113 Å².